The quantitative estimate of drug-likeness (QED) is 0.818. The Balaban J connectivity index is 1.73. The first-order chi connectivity index (χ1) is 12.3. The van der Waals surface area contributed by atoms with E-state index in [2.05, 4.69) is 5.32 Å². The molecule has 1 unspecified atom stereocenters. The number of anilines is 1. The van der Waals surface area contributed by atoms with Gasteiger partial charge in [0.15, 0.2) is 0 Å². The number of amides is 2. The van der Waals surface area contributed by atoms with E-state index in [1.54, 1.807) is 18.3 Å². The smallest absolute Gasteiger partial charge is 0.252 e. The van der Waals surface area contributed by atoms with E-state index in [0.29, 0.717) is 6.54 Å². The van der Waals surface area contributed by atoms with Crippen LogP contribution in [0.3, 0.4) is 0 Å². The number of thiophene rings is 1. The molecule has 0 bridgehead atoms. The van der Waals surface area contributed by atoms with Crippen LogP contribution in [0.2, 0.25) is 5.02 Å². The molecule has 2 amide bonds. The molecule has 1 aliphatic rings. The van der Waals surface area contributed by atoms with Crippen molar-refractivity contribution in [1.29, 1.82) is 0 Å². The topological polar surface area (TPSA) is 83.6 Å². The maximum absolute atomic E-state index is 12.3. The lowest BCUT2D eigenvalue weighted by atomic mass is 10.1. The van der Waals surface area contributed by atoms with Crippen LogP contribution in [-0.4, -0.2) is 32.5 Å². The van der Waals surface area contributed by atoms with Crippen molar-refractivity contribution in [3.63, 3.8) is 0 Å². The first kappa shape index (κ1) is 18.9. The normalized spacial score (nSPS) is 18.9. The summed E-state index contributed by atoms with van der Waals surface area (Å²) in [6, 6.07) is 8.14. The molecular formula is C17H17ClN2O4S2. The maximum Gasteiger partial charge on any atom is 0.252 e. The summed E-state index contributed by atoms with van der Waals surface area (Å²) in [6.07, 6.45) is 0.720. The second-order valence-corrected chi connectivity index (χ2v) is 9.33. The predicted octanol–water partition coefficient (Wildman–Crippen LogP) is 2.69. The Morgan fingerprint density at radius 1 is 1.38 bits per heavy atom. The monoisotopic (exact) mass is 412 g/mol. The Bertz CT molecular complexity index is 942. The number of nitrogens with zero attached hydrogens (tertiary/aromatic N) is 1. The highest BCUT2D eigenvalue weighted by Gasteiger charge is 2.42. The van der Waals surface area contributed by atoms with Gasteiger partial charge in [0.2, 0.25) is 15.9 Å². The summed E-state index contributed by atoms with van der Waals surface area (Å²) in [4.78, 5) is 25.6. The van der Waals surface area contributed by atoms with Crippen LogP contribution in [0.4, 0.5) is 5.69 Å². The number of hydrogen-bond donors (Lipinski definition) is 1. The molecule has 1 fully saturated rings. The predicted molar refractivity (Wildman–Crippen MR) is 102 cm³/mol. The van der Waals surface area contributed by atoms with Gasteiger partial charge in [0.05, 0.1) is 27.9 Å². The van der Waals surface area contributed by atoms with Crippen LogP contribution in [-0.2, 0) is 21.2 Å². The van der Waals surface area contributed by atoms with Gasteiger partial charge in [-0.2, -0.15) is 0 Å². The van der Waals surface area contributed by atoms with E-state index in [0.717, 1.165) is 10.7 Å². The van der Waals surface area contributed by atoms with Gasteiger partial charge in [0, 0.05) is 11.4 Å². The van der Waals surface area contributed by atoms with Crippen molar-refractivity contribution in [2.45, 2.75) is 13.3 Å². The highest BCUT2D eigenvalue weighted by atomic mass is 35.5. The molecule has 0 spiro atoms. The molecule has 26 heavy (non-hydrogen) atoms. The molecule has 2 heterocycles. The third-order valence-corrected chi connectivity index (χ3v) is 7.15. The van der Waals surface area contributed by atoms with Gasteiger partial charge in [0.25, 0.3) is 5.91 Å². The third kappa shape index (κ3) is 3.77. The van der Waals surface area contributed by atoms with Crippen molar-refractivity contribution >= 4 is 50.5 Å². The first-order valence-electron chi connectivity index (χ1n) is 7.96. The van der Waals surface area contributed by atoms with E-state index in [1.807, 2.05) is 17.5 Å². The molecule has 0 saturated carbocycles. The fourth-order valence-electron chi connectivity index (χ4n) is 2.75. The molecule has 1 saturated heterocycles. The van der Waals surface area contributed by atoms with Crippen LogP contribution >= 0.6 is 22.9 Å². The second-order valence-electron chi connectivity index (χ2n) is 6.03. The summed E-state index contributed by atoms with van der Waals surface area (Å²) in [6.45, 7) is 2.03. The number of carbonyl (C=O) groups is 2. The second kappa shape index (κ2) is 7.38. The highest BCUT2D eigenvalue weighted by Crippen LogP contribution is 2.31. The lowest BCUT2D eigenvalue weighted by molar-refractivity contribution is -0.119. The summed E-state index contributed by atoms with van der Waals surface area (Å²) in [5.74, 6) is -1.66. The lowest BCUT2D eigenvalue weighted by Crippen LogP contribution is -2.30. The van der Waals surface area contributed by atoms with Crippen LogP contribution in [0.1, 0.15) is 22.2 Å². The molecule has 6 nitrogen and oxygen atoms in total. The Morgan fingerprint density at radius 3 is 2.73 bits per heavy atom. The summed E-state index contributed by atoms with van der Waals surface area (Å²) < 4.78 is 25.1. The van der Waals surface area contributed by atoms with Gasteiger partial charge in [-0.25, -0.2) is 12.7 Å². The largest absolute Gasteiger partial charge is 0.352 e. The average molecular weight is 413 g/mol. The van der Waals surface area contributed by atoms with Crippen LogP contribution < -0.4 is 9.62 Å². The number of benzene rings is 1. The first-order valence-corrected chi connectivity index (χ1v) is 10.8. The van der Waals surface area contributed by atoms with E-state index in [4.69, 9.17) is 11.6 Å². The van der Waals surface area contributed by atoms with Gasteiger partial charge >= 0.3 is 0 Å². The van der Waals surface area contributed by atoms with E-state index >= 15 is 0 Å². The van der Waals surface area contributed by atoms with Gasteiger partial charge < -0.3 is 5.32 Å². The zero-order chi connectivity index (χ0) is 18.9. The molecule has 3 rings (SSSR count). The Morgan fingerprint density at radius 2 is 2.15 bits per heavy atom. The van der Waals surface area contributed by atoms with Crippen LogP contribution in [0.25, 0.3) is 0 Å². The Labute approximate surface area is 160 Å². The summed E-state index contributed by atoms with van der Waals surface area (Å²) in [5.41, 5.74) is 0.387. The van der Waals surface area contributed by atoms with Gasteiger partial charge in [-0.15, -0.1) is 11.3 Å². The van der Waals surface area contributed by atoms with Crippen molar-refractivity contribution < 1.29 is 18.0 Å². The summed E-state index contributed by atoms with van der Waals surface area (Å²) in [5, 5.41) is 4.85. The van der Waals surface area contributed by atoms with Gasteiger partial charge in [-0.3, -0.25) is 9.59 Å². The zero-order valence-electron chi connectivity index (χ0n) is 13.9. The number of rotatable bonds is 5. The molecule has 1 atom stereocenters. The van der Waals surface area contributed by atoms with E-state index in [9.17, 15) is 18.0 Å². The molecule has 1 aromatic carbocycles. The van der Waals surface area contributed by atoms with E-state index < -0.39 is 21.8 Å². The fourth-order valence-corrected chi connectivity index (χ4v) is 5.53. The van der Waals surface area contributed by atoms with Gasteiger partial charge in [-0.1, -0.05) is 24.6 Å². The SMILES string of the molecule is CC1CS(=O)(=O)N(c2ccc(C(=O)NCCc3cccs3)c(Cl)c2)C1=O. The van der Waals surface area contributed by atoms with Crippen LogP contribution in [0, 0.1) is 5.92 Å². The number of nitrogens with one attached hydrogen (secondary N) is 1. The summed E-state index contributed by atoms with van der Waals surface area (Å²) in [7, 11) is -3.70. The van der Waals surface area contributed by atoms with Crippen molar-refractivity contribution in [2.24, 2.45) is 5.92 Å². The minimum Gasteiger partial charge on any atom is -0.352 e. The average Bonchev–Trinajstić information content (AvgIpc) is 3.13. The molecule has 1 aromatic heterocycles. The molecule has 138 valence electrons. The third-order valence-electron chi connectivity index (χ3n) is 4.03. The standard InChI is InChI=1S/C17H17ClN2O4S2/c1-11-10-26(23,24)20(17(11)22)12-4-5-14(15(18)9-12)16(21)19-7-6-13-3-2-8-25-13/h2-5,8-9,11H,6-7,10H2,1H3,(H,19,21). The number of carbonyl (C=O) groups excluding carboxylic acids is 2. The minimum absolute atomic E-state index is 0.0960. The van der Waals surface area contributed by atoms with Crippen LogP contribution in [0.5, 0.6) is 0 Å². The van der Waals surface area contributed by atoms with Gasteiger partial charge in [0.1, 0.15) is 0 Å². The van der Waals surface area contributed by atoms with E-state index in [1.165, 1.54) is 23.1 Å². The Kier molecular flexibility index (Phi) is 5.36. The van der Waals surface area contributed by atoms with Crippen LogP contribution in [0.15, 0.2) is 35.7 Å². The molecule has 0 aliphatic carbocycles. The molecule has 1 aliphatic heterocycles. The molecular weight excluding hydrogens is 396 g/mol. The molecule has 0 radical (unpaired) electrons. The zero-order valence-corrected chi connectivity index (χ0v) is 16.3. The molecule has 1 N–H and O–H groups in total. The minimum atomic E-state index is -3.70. The van der Waals surface area contributed by atoms with Gasteiger partial charge in [-0.05, 0) is 36.1 Å². The van der Waals surface area contributed by atoms with Crippen molar-refractivity contribution in [1.82, 2.24) is 5.32 Å². The molecule has 9 heteroatoms. The number of hydrogen-bond acceptors (Lipinski definition) is 5. The highest BCUT2D eigenvalue weighted by molar-refractivity contribution is 7.94. The van der Waals surface area contributed by atoms with Crippen molar-refractivity contribution in [3.05, 3.63) is 51.2 Å². The molecule has 2 aromatic rings. The lowest BCUT2D eigenvalue weighted by Gasteiger charge is -2.16. The maximum atomic E-state index is 12.3. The number of sulfonamides is 1. The number of halogens is 1. The van der Waals surface area contributed by atoms with Crippen molar-refractivity contribution in [3.8, 4) is 0 Å². The summed E-state index contributed by atoms with van der Waals surface area (Å²) >= 11 is 7.78. The Hall–Kier alpha value is -1.90. The van der Waals surface area contributed by atoms with E-state index in [-0.39, 0.29) is 27.9 Å². The van der Waals surface area contributed by atoms with Crippen molar-refractivity contribution in [2.75, 3.05) is 16.6 Å². The fraction of sp³-hybridized carbons (Fsp3) is 0.294.